The first kappa shape index (κ1) is 21.4. The predicted octanol–water partition coefficient (Wildman–Crippen LogP) is 4.24. The lowest BCUT2D eigenvalue weighted by Crippen LogP contribution is -2.09. The molecule has 11 heteroatoms. The number of carbonyl (C=O) groups is 1. The highest BCUT2D eigenvalue weighted by molar-refractivity contribution is 8.00. The number of halogens is 3. The van der Waals surface area contributed by atoms with Crippen LogP contribution in [0.2, 0.25) is 0 Å². The van der Waals surface area contributed by atoms with Gasteiger partial charge in [0.1, 0.15) is 11.4 Å². The molecule has 1 aromatic heterocycles. The molecule has 0 radical (unpaired) electrons. The number of tetrazole rings is 1. The summed E-state index contributed by atoms with van der Waals surface area (Å²) in [4.78, 5) is 12.3. The minimum absolute atomic E-state index is 0.0766. The Kier molecular flexibility index (Phi) is 6.40. The lowest BCUT2D eigenvalue weighted by Gasteiger charge is -2.11. The van der Waals surface area contributed by atoms with Crippen molar-refractivity contribution in [2.75, 3.05) is 12.4 Å². The fourth-order valence-electron chi connectivity index (χ4n) is 2.52. The van der Waals surface area contributed by atoms with E-state index in [9.17, 15) is 18.0 Å². The molecule has 0 unspecified atom stereocenters. The van der Waals surface area contributed by atoms with E-state index in [1.165, 1.54) is 48.2 Å². The Balaban J connectivity index is 1.70. The lowest BCUT2D eigenvalue weighted by molar-refractivity contribution is -0.111. The molecule has 3 rings (SSSR count). The molecule has 0 spiro atoms. The highest BCUT2D eigenvalue weighted by atomic mass is 32.2. The predicted molar refractivity (Wildman–Crippen MR) is 106 cm³/mol. The number of aryl methyl sites for hydroxylation is 1. The second-order valence-corrected chi connectivity index (χ2v) is 7.10. The van der Waals surface area contributed by atoms with Gasteiger partial charge in [-0.05, 0) is 71.1 Å². The van der Waals surface area contributed by atoms with Crippen molar-refractivity contribution in [1.29, 1.82) is 0 Å². The third kappa shape index (κ3) is 5.60. The number of amides is 1. The molecule has 7 nitrogen and oxygen atoms in total. The fraction of sp³-hybridized carbons (Fsp3) is 0.158. The van der Waals surface area contributed by atoms with E-state index in [2.05, 4.69) is 20.8 Å². The Hall–Kier alpha value is -3.34. The second kappa shape index (κ2) is 8.99. The highest BCUT2D eigenvalue weighted by Gasteiger charge is 2.28. The maximum Gasteiger partial charge on any atom is 0.446 e. The van der Waals surface area contributed by atoms with Gasteiger partial charge in [-0.1, -0.05) is 12.1 Å². The van der Waals surface area contributed by atoms with Gasteiger partial charge in [0.2, 0.25) is 5.91 Å². The Morgan fingerprint density at radius 1 is 1.20 bits per heavy atom. The molecule has 2 aromatic carbocycles. The van der Waals surface area contributed by atoms with Crippen molar-refractivity contribution < 1.29 is 22.7 Å². The van der Waals surface area contributed by atoms with Gasteiger partial charge in [-0.15, -0.1) is 5.10 Å². The third-order valence-electron chi connectivity index (χ3n) is 3.84. The van der Waals surface area contributed by atoms with Crippen LogP contribution in [0.25, 0.3) is 11.8 Å². The largest absolute Gasteiger partial charge is 0.494 e. The molecule has 0 atom stereocenters. The first-order chi connectivity index (χ1) is 14.2. The van der Waals surface area contributed by atoms with Crippen LogP contribution in [0.5, 0.6) is 5.75 Å². The van der Waals surface area contributed by atoms with E-state index in [1.54, 1.807) is 25.1 Å². The van der Waals surface area contributed by atoms with Gasteiger partial charge in [-0.3, -0.25) is 4.79 Å². The Morgan fingerprint density at radius 3 is 2.53 bits per heavy atom. The average molecular weight is 435 g/mol. The number of anilines is 1. The summed E-state index contributed by atoms with van der Waals surface area (Å²) >= 11 is -0.190. The number of nitrogens with zero attached hydrogens (tertiary/aromatic N) is 4. The van der Waals surface area contributed by atoms with Crippen molar-refractivity contribution in [2.45, 2.75) is 17.3 Å². The zero-order valence-corrected chi connectivity index (χ0v) is 16.7. The minimum atomic E-state index is -4.34. The average Bonchev–Trinajstić information content (AvgIpc) is 3.12. The van der Waals surface area contributed by atoms with E-state index in [4.69, 9.17) is 4.74 Å². The van der Waals surface area contributed by atoms with Gasteiger partial charge in [0.25, 0.3) is 0 Å². The van der Waals surface area contributed by atoms with E-state index in [1.807, 2.05) is 0 Å². The van der Waals surface area contributed by atoms with Gasteiger partial charge in [0.05, 0.1) is 7.11 Å². The summed E-state index contributed by atoms with van der Waals surface area (Å²) < 4.78 is 43.9. The van der Waals surface area contributed by atoms with Crippen molar-refractivity contribution in [2.24, 2.45) is 0 Å². The zero-order chi connectivity index (χ0) is 21.7. The van der Waals surface area contributed by atoms with Crippen LogP contribution < -0.4 is 10.1 Å². The quantitative estimate of drug-likeness (QED) is 0.461. The first-order valence-electron chi connectivity index (χ1n) is 8.53. The van der Waals surface area contributed by atoms with Gasteiger partial charge in [0.15, 0.2) is 5.82 Å². The van der Waals surface area contributed by atoms with Crippen molar-refractivity contribution in [3.05, 3.63) is 59.9 Å². The smallest absolute Gasteiger partial charge is 0.446 e. The molecule has 0 aliphatic carbocycles. The summed E-state index contributed by atoms with van der Waals surface area (Å²) in [5.41, 5.74) is -2.70. The number of hydrogen-bond acceptors (Lipinski definition) is 6. The molecule has 0 saturated carbocycles. The summed E-state index contributed by atoms with van der Waals surface area (Å²) in [5.74, 6) is 0.660. The SMILES string of the molecule is COc1ccc(NC(=O)/C=C/c2ccc(SC(F)(F)F)cc2)cc1-n1nnnc1C. The lowest BCUT2D eigenvalue weighted by atomic mass is 10.2. The van der Waals surface area contributed by atoms with Gasteiger partial charge in [-0.2, -0.15) is 17.9 Å². The number of hydrogen-bond donors (Lipinski definition) is 1. The van der Waals surface area contributed by atoms with Gasteiger partial charge < -0.3 is 10.1 Å². The van der Waals surface area contributed by atoms with Crippen molar-refractivity contribution in [1.82, 2.24) is 20.2 Å². The van der Waals surface area contributed by atoms with Crippen LogP contribution in [0, 0.1) is 6.92 Å². The number of nitrogens with one attached hydrogen (secondary N) is 1. The first-order valence-corrected chi connectivity index (χ1v) is 9.35. The van der Waals surface area contributed by atoms with Crippen LogP contribution in [0.15, 0.2) is 53.4 Å². The topological polar surface area (TPSA) is 81.9 Å². The minimum Gasteiger partial charge on any atom is -0.494 e. The van der Waals surface area contributed by atoms with Crippen LogP contribution in [0.1, 0.15) is 11.4 Å². The molecule has 0 saturated heterocycles. The Labute approximate surface area is 173 Å². The van der Waals surface area contributed by atoms with Gasteiger partial charge in [-0.25, -0.2) is 0 Å². The van der Waals surface area contributed by atoms with Crippen molar-refractivity contribution >= 4 is 29.4 Å². The molecule has 0 aliphatic rings. The standard InChI is InChI=1S/C19H16F3N5O2S/c1-12-24-25-26-27(12)16-11-14(6-9-17(16)29-2)23-18(28)10-5-13-3-7-15(8-4-13)30-19(20,21)22/h3-11H,1-2H3,(H,23,28)/b10-5+. The molecular formula is C19H16F3N5O2S. The van der Waals surface area contributed by atoms with E-state index in [0.29, 0.717) is 28.5 Å². The van der Waals surface area contributed by atoms with Gasteiger partial charge in [0, 0.05) is 16.7 Å². The Bertz CT molecular complexity index is 1060. The number of carbonyl (C=O) groups excluding carboxylic acids is 1. The van der Waals surface area contributed by atoms with Crippen LogP contribution in [0.3, 0.4) is 0 Å². The molecular weight excluding hydrogens is 419 g/mol. The normalized spacial score (nSPS) is 11.6. The number of rotatable bonds is 6. The van der Waals surface area contributed by atoms with E-state index >= 15 is 0 Å². The molecule has 0 fully saturated rings. The highest BCUT2D eigenvalue weighted by Crippen LogP contribution is 2.36. The van der Waals surface area contributed by atoms with Crippen LogP contribution >= 0.6 is 11.8 Å². The summed E-state index contributed by atoms with van der Waals surface area (Å²) in [6.07, 6.45) is 2.80. The molecule has 0 bridgehead atoms. The summed E-state index contributed by atoms with van der Waals surface area (Å²) in [7, 11) is 1.51. The molecule has 1 N–H and O–H groups in total. The molecule has 1 heterocycles. The van der Waals surface area contributed by atoms with Crippen molar-refractivity contribution in [3.8, 4) is 11.4 Å². The fourth-order valence-corrected chi connectivity index (χ4v) is 3.06. The maximum atomic E-state index is 12.4. The number of methoxy groups -OCH3 is 1. The second-order valence-electron chi connectivity index (χ2n) is 5.96. The van der Waals surface area contributed by atoms with E-state index < -0.39 is 11.4 Å². The molecule has 1 amide bonds. The molecule has 30 heavy (non-hydrogen) atoms. The number of ether oxygens (including phenoxy) is 1. The summed E-state index contributed by atoms with van der Waals surface area (Å²) in [6.45, 7) is 1.73. The number of thioether (sulfide) groups is 1. The molecule has 156 valence electrons. The Morgan fingerprint density at radius 2 is 1.93 bits per heavy atom. The third-order valence-corrected chi connectivity index (χ3v) is 4.58. The van der Waals surface area contributed by atoms with Crippen LogP contribution in [0.4, 0.5) is 18.9 Å². The van der Waals surface area contributed by atoms with Gasteiger partial charge >= 0.3 is 5.51 Å². The monoisotopic (exact) mass is 435 g/mol. The van der Waals surface area contributed by atoms with E-state index in [0.717, 1.165) is 0 Å². The zero-order valence-electron chi connectivity index (χ0n) is 15.8. The molecule has 0 aliphatic heterocycles. The van der Waals surface area contributed by atoms with Crippen molar-refractivity contribution in [3.63, 3.8) is 0 Å². The number of alkyl halides is 3. The summed E-state index contributed by atoms with van der Waals surface area (Å²) in [6, 6.07) is 10.7. The van der Waals surface area contributed by atoms with Crippen LogP contribution in [-0.4, -0.2) is 38.7 Å². The van der Waals surface area contributed by atoms with Crippen LogP contribution in [-0.2, 0) is 4.79 Å². The summed E-state index contributed by atoms with van der Waals surface area (Å²) in [5, 5.41) is 14.0. The molecule has 3 aromatic rings. The maximum absolute atomic E-state index is 12.4. The number of aromatic nitrogens is 4. The van der Waals surface area contributed by atoms with E-state index in [-0.39, 0.29) is 16.7 Å². The number of benzene rings is 2.